The summed E-state index contributed by atoms with van der Waals surface area (Å²) in [7, 11) is 0. The molecular weight excluding hydrogens is 262 g/mol. The van der Waals surface area contributed by atoms with Crippen LogP contribution in [0.15, 0.2) is 0 Å². The fraction of sp³-hybridized carbons (Fsp3) is 0.941. The summed E-state index contributed by atoms with van der Waals surface area (Å²) in [6, 6.07) is 0.819. The molecule has 0 bridgehead atoms. The molecule has 2 fully saturated rings. The number of likely N-dealkylation sites (tertiary alicyclic amines) is 1. The van der Waals surface area contributed by atoms with Gasteiger partial charge in [0.15, 0.2) is 0 Å². The topological polar surface area (TPSA) is 58.4 Å². The fourth-order valence-electron chi connectivity index (χ4n) is 4.17. The number of carbonyl (C=O) groups is 1. The highest BCUT2D eigenvalue weighted by atomic mass is 16.1. The van der Waals surface area contributed by atoms with E-state index in [4.69, 9.17) is 5.73 Å². The highest BCUT2D eigenvalue weighted by molar-refractivity contribution is 5.85. The number of rotatable bonds is 4. The molecule has 1 aliphatic carbocycles. The molecule has 4 nitrogen and oxygen atoms in total. The average Bonchev–Trinajstić information content (AvgIpc) is 2.37. The van der Waals surface area contributed by atoms with Gasteiger partial charge in [-0.3, -0.25) is 4.79 Å². The van der Waals surface area contributed by atoms with Gasteiger partial charge in [0.05, 0.1) is 5.54 Å². The van der Waals surface area contributed by atoms with Gasteiger partial charge in [-0.05, 0) is 65.5 Å². The van der Waals surface area contributed by atoms with E-state index in [0.29, 0.717) is 12.1 Å². The highest BCUT2D eigenvalue weighted by Gasteiger charge is 2.43. The molecule has 1 saturated heterocycles. The van der Waals surface area contributed by atoms with E-state index in [1.165, 1.54) is 51.6 Å². The zero-order valence-corrected chi connectivity index (χ0v) is 13.9. The van der Waals surface area contributed by atoms with Crippen LogP contribution in [0.3, 0.4) is 0 Å². The molecule has 1 amide bonds. The van der Waals surface area contributed by atoms with Crippen LogP contribution in [0.5, 0.6) is 0 Å². The molecule has 2 aliphatic rings. The van der Waals surface area contributed by atoms with Gasteiger partial charge < -0.3 is 16.0 Å². The first kappa shape index (κ1) is 16.8. The van der Waals surface area contributed by atoms with Crippen molar-refractivity contribution < 1.29 is 4.79 Å². The lowest BCUT2D eigenvalue weighted by molar-refractivity contribution is -0.127. The Labute approximate surface area is 129 Å². The molecule has 2 atom stereocenters. The van der Waals surface area contributed by atoms with Gasteiger partial charge >= 0.3 is 0 Å². The van der Waals surface area contributed by atoms with Gasteiger partial charge in [0.2, 0.25) is 5.91 Å². The van der Waals surface area contributed by atoms with Crippen LogP contribution in [0.25, 0.3) is 0 Å². The minimum atomic E-state index is -0.487. The van der Waals surface area contributed by atoms with Crippen LogP contribution in [0.4, 0.5) is 0 Å². The van der Waals surface area contributed by atoms with E-state index in [1.54, 1.807) is 0 Å². The summed E-state index contributed by atoms with van der Waals surface area (Å²) in [4.78, 5) is 14.7. The SMILES string of the molecule is CC(C)NC1(C(N)=O)CCCC(N2CCCCCCC2)C1. The van der Waals surface area contributed by atoms with Gasteiger partial charge in [0.1, 0.15) is 0 Å². The van der Waals surface area contributed by atoms with Crippen LogP contribution in [0, 0.1) is 0 Å². The van der Waals surface area contributed by atoms with Crippen molar-refractivity contribution in [1.29, 1.82) is 0 Å². The van der Waals surface area contributed by atoms with Crippen LogP contribution in [0.1, 0.15) is 71.6 Å². The Morgan fingerprint density at radius 2 is 1.76 bits per heavy atom. The summed E-state index contributed by atoms with van der Waals surface area (Å²) in [5.41, 5.74) is 5.29. The van der Waals surface area contributed by atoms with E-state index >= 15 is 0 Å². The molecule has 0 spiro atoms. The summed E-state index contributed by atoms with van der Waals surface area (Å²) < 4.78 is 0. The maximum absolute atomic E-state index is 12.1. The lowest BCUT2D eigenvalue weighted by Gasteiger charge is -2.45. The van der Waals surface area contributed by atoms with Gasteiger partial charge in [-0.25, -0.2) is 0 Å². The highest BCUT2D eigenvalue weighted by Crippen LogP contribution is 2.32. The second-order valence-corrected chi connectivity index (χ2v) is 7.30. The van der Waals surface area contributed by atoms with E-state index in [0.717, 1.165) is 19.3 Å². The first-order valence-corrected chi connectivity index (χ1v) is 8.85. The quantitative estimate of drug-likeness (QED) is 0.837. The van der Waals surface area contributed by atoms with Crippen molar-refractivity contribution in [3.63, 3.8) is 0 Å². The Morgan fingerprint density at radius 3 is 2.33 bits per heavy atom. The Hall–Kier alpha value is -0.610. The van der Waals surface area contributed by atoms with Crippen LogP contribution in [0.2, 0.25) is 0 Å². The van der Waals surface area contributed by atoms with E-state index < -0.39 is 5.54 Å². The smallest absolute Gasteiger partial charge is 0.237 e. The first-order chi connectivity index (χ1) is 10.0. The summed E-state index contributed by atoms with van der Waals surface area (Å²) >= 11 is 0. The fourth-order valence-corrected chi connectivity index (χ4v) is 4.17. The predicted molar refractivity (Wildman–Crippen MR) is 87.1 cm³/mol. The van der Waals surface area contributed by atoms with Crippen LogP contribution in [-0.2, 0) is 4.79 Å². The van der Waals surface area contributed by atoms with Crippen molar-refractivity contribution in [2.75, 3.05) is 13.1 Å². The van der Waals surface area contributed by atoms with E-state index in [2.05, 4.69) is 24.1 Å². The van der Waals surface area contributed by atoms with E-state index in [1.807, 2.05) is 0 Å². The second-order valence-electron chi connectivity index (χ2n) is 7.30. The van der Waals surface area contributed by atoms with Gasteiger partial charge in [-0.1, -0.05) is 19.3 Å². The number of amides is 1. The van der Waals surface area contributed by atoms with Gasteiger partial charge in [-0.2, -0.15) is 0 Å². The Balaban J connectivity index is 2.04. The minimum Gasteiger partial charge on any atom is -0.368 e. The molecule has 2 rings (SSSR count). The molecule has 2 unspecified atom stereocenters. The Bertz CT molecular complexity index is 337. The summed E-state index contributed by atoms with van der Waals surface area (Å²) in [5.74, 6) is -0.159. The molecular formula is C17H33N3O. The lowest BCUT2D eigenvalue weighted by Crippen LogP contribution is -2.62. The molecule has 1 heterocycles. The van der Waals surface area contributed by atoms with E-state index in [-0.39, 0.29) is 5.91 Å². The van der Waals surface area contributed by atoms with Crippen molar-refractivity contribution in [1.82, 2.24) is 10.2 Å². The number of nitrogens with two attached hydrogens (primary N) is 1. The first-order valence-electron chi connectivity index (χ1n) is 8.85. The van der Waals surface area contributed by atoms with Crippen molar-refractivity contribution in [3.8, 4) is 0 Å². The third-order valence-corrected chi connectivity index (χ3v) is 5.17. The van der Waals surface area contributed by atoms with Crippen molar-refractivity contribution in [2.24, 2.45) is 5.73 Å². The zero-order valence-electron chi connectivity index (χ0n) is 13.9. The third kappa shape index (κ3) is 4.43. The molecule has 21 heavy (non-hydrogen) atoms. The van der Waals surface area contributed by atoms with Crippen molar-refractivity contribution in [3.05, 3.63) is 0 Å². The monoisotopic (exact) mass is 295 g/mol. The third-order valence-electron chi connectivity index (χ3n) is 5.17. The summed E-state index contributed by atoms with van der Waals surface area (Å²) in [6.45, 7) is 6.59. The number of hydrogen-bond donors (Lipinski definition) is 2. The molecule has 1 aliphatic heterocycles. The minimum absolute atomic E-state index is 0.159. The molecule has 1 saturated carbocycles. The Morgan fingerprint density at radius 1 is 1.14 bits per heavy atom. The van der Waals surface area contributed by atoms with Crippen LogP contribution in [-0.4, -0.2) is 41.5 Å². The van der Waals surface area contributed by atoms with Gasteiger partial charge in [0, 0.05) is 12.1 Å². The maximum atomic E-state index is 12.1. The molecule has 122 valence electrons. The van der Waals surface area contributed by atoms with Gasteiger partial charge in [-0.15, -0.1) is 0 Å². The maximum Gasteiger partial charge on any atom is 0.237 e. The van der Waals surface area contributed by atoms with Gasteiger partial charge in [0.25, 0.3) is 0 Å². The van der Waals surface area contributed by atoms with Crippen LogP contribution < -0.4 is 11.1 Å². The van der Waals surface area contributed by atoms with Crippen LogP contribution >= 0.6 is 0 Å². The molecule has 0 radical (unpaired) electrons. The molecule has 0 aromatic carbocycles. The second kappa shape index (κ2) is 7.59. The van der Waals surface area contributed by atoms with Crippen molar-refractivity contribution >= 4 is 5.91 Å². The largest absolute Gasteiger partial charge is 0.368 e. The Kier molecular flexibility index (Phi) is 6.06. The van der Waals surface area contributed by atoms with E-state index in [9.17, 15) is 4.79 Å². The molecule has 3 N–H and O–H groups in total. The predicted octanol–water partition coefficient (Wildman–Crippen LogP) is 2.42. The number of hydrogen-bond acceptors (Lipinski definition) is 3. The van der Waals surface area contributed by atoms with Crippen molar-refractivity contribution in [2.45, 2.75) is 89.3 Å². The average molecular weight is 295 g/mol. The number of nitrogens with zero attached hydrogens (tertiary/aromatic N) is 1. The lowest BCUT2D eigenvalue weighted by atomic mass is 9.77. The summed E-state index contributed by atoms with van der Waals surface area (Å²) in [6.07, 6.45) is 10.8. The zero-order chi connectivity index (χ0) is 15.3. The standard InChI is InChI=1S/C17H33N3O/c1-14(2)19-17(16(18)21)10-8-9-15(13-17)20-11-6-4-3-5-7-12-20/h14-15,19H,3-13H2,1-2H3,(H2,18,21). The normalized spacial score (nSPS) is 32.6. The molecule has 4 heteroatoms. The summed E-state index contributed by atoms with van der Waals surface area (Å²) in [5, 5.41) is 3.49. The molecule has 0 aromatic heterocycles. The number of nitrogens with one attached hydrogen (secondary N) is 1. The molecule has 0 aromatic rings. The number of carbonyl (C=O) groups excluding carboxylic acids is 1. The number of primary amides is 1.